The Balaban J connectivity index is 2.23. The molecule has 0 bridgehead atoms. The zero-order valence-corrected chi connectivity index (χ0v) is 7.71. The van der Waals surface area contributed by atoms with E-state index in [2.05, 4.69) is 10.1 Å². The molecule has 2 aromatic heterocycles. The lowest BCUT2D eigenvalue weighted by molar-refractivity contribution is 0.482. The number of hydrogen-bond donors (Lipinski definition) is 1. The van der Waals surface area contributed by atoms with Crippen LogP contribution in [-0.2, 0) is 7.05 Å². The van der Waals surface area contributed by atoms with Crippen molar-refractivity contribution in [3.8, 4) is 11.5 Å². The first-order chi connectivity index (χ1) is 6.75. The fourth-order valence-electron chi connectivity index (χ4n) is 1.07. The third-order valence-corrected chi connectivity index (χ3v) is 1.71. The van der Waals surface area contributed by atoms with Gasteiger partial charge in [0.1, 0.15) is 0 Å². The zero-order valence-electron chi connectivity index (χ0n) is 7.71. The molecule has 2 aromatic rings. The highest BCUT2D eigenvalue weighted by Gasteiger charge is 2.02. The average Bonchev–Trinajstić information content (AvgIpc) is 2.56. The highest BCUT2D eigenvalue weighted by atomic mass is 16.5. The standard InChI is InChI=1S/C9H10N4O/c1-13-6-7(5-12-13)14-8-3-2-4-11-9(8)10/h2-6H,1H3,(H2,10,11). The Labute approximate surface area is 81.1 Å². The highest BCUT2D eigenvalue weighted by Crippen LogP contribution is 2.24. The fourth-order valence-corrected chi connectivity index (χ4v) is 1.07. The van der Waals surface area contributed by atoms with Gasteiger partial charge in [-0.15, -0.1) is 0 Å². The van der Waals surface area contributed by atoms with E-state index in [0.717, 1.165) is 0 Å². The van der Waals surface area contributed by atoms with Crippen molar-refractivity contribution in [2.45, 2.75) is 0 Å². The zero-order chi connectivity index (χ0) is 9.97. The number of pyridine rings is 1. The van der Waals surface area contributed by atoms with Gasteiger partial charge in [0.2, 0.25) is 0 Å². The molecule has 72 valence electrons. The maximum absolute atomic E-state index is 5.61. The molecule has 2 N–H and O–H groups in total. The van der Waals surface area contributed by atoms with Crippen molar-refractivity contribution >= 4 is 5.82 Å². The van der Waals surface area contributed by atoms with Gasteiger partial charge in [-0.25, -0.2) is 4.98 Å². The molecule has 0 radical (unpaired) electrons. The van der Waals surface area contributed by atoms with E-state index in [1.807, 2.05) is 7.05 Å². The summed E-state index contributed by atoms with van der Waals surface area (Å²) in [5, 5.41) is 3.97. The minimum absolute atomic E-state index is 0.372. The van der Waals surface area contributed by atoms with Crippen molar-refractivity contribution < 1.29 is 4.74 Å². The molecule has 0 fully saturated rings. The fraction of sp³-hybridized carbons (Fsp3) is 0.111. The molecule has 0 atom stereocenters. The molecular weight excluding hydrogens is 180 g/mol. The van der Waals surface area contributed by atoms with Gasteiger partial charge in [-0.2, -0.15) is 5.10 Å². The van der Waals surface area contributed by atoms with Gasteiger partial charge in [0.05, 0.1) is 12.4 Å². The summed E-state index contributed by atoms with van der Waals surface area (Å²) in [6.45, 7) is 0. The summed E-state index contributed by atoms with van der Waals surface area (Å²) in [5.74, 6) is 1.56. The number of ether oxygens (including phenoxy) is 1. The Bertz CT molecular complexity index is 438. The van der Waals surface area contributed by atoms with Crippen LogP contribution in [0.3, 0.4) is 0 Å². The van der Waals surface area contributed by atoms with E-state index < -0.39 is 0 Å². The highest BCUT2D eigenvalue weighted by molar-refractivity contribution is 5.46. The molecule has 0 saturated carbocycles. The molecule has 2 heterocycles. The molecule has 0 saturated heterocycles. The lowest BCUT2D eigenvalue weighted by atomic mass is 10.4. The molecule has 14 heavy (non-hydrogen) atoms. The molecule has 0 amide bonds. The molecule has 0 spiro atoms. The summed E-state index contributed by atoms with van der Waals surface area (Å²) in [6.07, 6.45) is 4.99. The van der Waals surface area contributed by atoms with Crippen LogP contribution in [0.1, 0.15) is 0 Å². The number of nitrogens with two attached hydrogens (primary N) is 1. The van der Waals surface area contributed by atoms with Crippen molar-refractivity contribution in [3.63, 3.8) is 0 Å². The summed E-state index contributed by atoms with van der Waals surface area (Å²) in [7, 11) is 1.82. The third kappa shape index (κ3) is 1.66. The van der Waals surface area contributed by atoms with Crippen LogP contribution < -0.4 is 10.5 Å². The first-order valence-corrected chi connectivity index (χ1v) is 4.13. The van der Waals surface area contributed by atoms with Gasteiger partial charge < -0.3 is 10.5 Å². The van der Waals surface area contributed by atoms with E-state index in [1.165, 1.54) is 0 Å². The van der Waals surface area contributed by atoms with Crippen LogP contribution in [0.15, 0.2) is 30.7 Å². The maximum atomic E-state index is 5.61. The number of anilines is 1. The molecule has 5 heteroatoms. The van der Waals surface area contributed by atoms with Crippen LogP contribution >= 0.6 is 0 Å². The van der Waals surface area contributed by atoms with Gasteiger partial charge in [-0.05, 0) is 12.1 Å². The van der Waals surface area contributed by atoms with Crippen LogP contribution in [0.5, 0.6) is 11.5 Å². The first kappa shape index (κ1) is 8.55. The number of aromatic nitrogens is 3. The lowest BCUT2D eigenvalue weighted by Crippen LogP contribution is -1.93. The normalized spacial score (nSPS) is 10.1. The van der Waals surface area contributed by atoms with Crippen molar-refractivity contribution in [1.82, 2.24) is 14.8 Å². The predicted octanol–water partition coefficient (Wildman–Crippen LogP) is 1.19. The van der Waals surface area contributed by atoms with E-state index in [1.54, 1.807) is 35.4 Å². The molecule has 2 rings (SSSR count). The minimum Gasteiger partial charge on any atom is -0.450 e. The predicted molar refractivity (Wildman–Crippen MR) is 51.9 cm³/mol. The van der Waals surface area contributed by atoms with Crippen LogP contribution in [0.2, 0.25) is 0 Å². The second-order valence-electron chi connectivity index (χ2n) is 2.84. The van der Waals surface area contributed by atoms with Crippen LogP contribution in [0.4, 0.5) is 5.82 Å². The molecule has 5 nitrogen and oxygen atoms in total. The summed E-state index contributed by atoms with van der Waals surface area (Å²) in [5.41, 5.74) is 5.61. The summed E-state index contributed by atoms with van der Waals surface area (Å²) in [4.78, 5) is 3.91. The lowest BCUT2D eigenvalue weighted by Gasteiger charge is -2.03. The largest absolute Gasteiger partial charge is 0.450 e. The van der Waals surface area contributed by atoms with E-state index in [9.17, 15) is 0 Å². The van der Waals surface area contributed by atoms with Gasteiger partial charge in [0.25, 0.3) is 0 Å². The van der Waals surface area contributed by atoms with Crippen molar-refractivity contribution in [2.24, 2.45) is 7.05 Å². The van der Waals surface area contributed by atoms with Crippen molar-refractivity contribution in [1.29, 1.82) is 0 Å². The van der Waals surface area contributed by atoms with Gasteiger partial charge in [0.15, 0.2) is 17.3 Å². The Morgan fingerprint density at radius 1 is 1.50 bits per heavy atom. The Kier molecular flexibility index (Phi) is 2.06. The van der Waals surface area contributed by atoms with Crippen molar-refractivity contribution in [2.75, 3.05) is 5.73 Å². The van der Waals surface area contributed by atoms with Gasteiger partial charge in [-0.3, -0.25) is 4.68 Å². The first-order valence-electron chi connectivity index (χ1n) is 4.13. The van der Waals surface area contributed by atoms with Crippen LogP contribution in [-0.4, -0.2) is 14.8 Å². The van der Waals surface area contributed by atoms with E-state index in [4.69, 9.17) is 10.5 Å². The molecule has 0 unspecified atom stereocenters. The van der Waals surface area contributed by atoms with E-state index >= 15 is 0 Å². The second kappa shape index (κ2) is 3.37. The summed E-state index contributed by atoms with van der Waals surface area (Å²) in [6, 6.07) is 3.53. The Morgan fingerprint density at radius 3 is 3.00 bits per heavy atom. The van der Waals surface area contributed by atoms with Gasteiger partial charge in [-0.1, -0.05) is 0 Å². The molecule has 0 aromatic carbocycles. The molecule has 0 aliphatic heterocycles. The molecular formula is C9H10N4O. The average molecular weight is 190 g/mol. The van der Waals surface area contributed by atoms with Crippen molar-refractivity contribution in [3.05, 3.63) is 30.7 Å². The maximum Gasteiger partial charge on any atom is 0.169 e. The van der Waals surface area contributed by atoms with Crippen LogP contribution in [0, 0.1) is 0 Å². The topological polar surface area (TPSA) is 66.0 Å². The second-order valence-corrected chi connectivity index (χ2v) is 2.84. The molecule has 0 aliphatic carbocycles. The van der Waals surface area contributed by atoms with E-state index in [0.29, 0.717) is 17.3 Å². The Hall–Kier alpha value is -2.04. The minimum atomic E-state index is 0.372. The SMILES string of the molecule is Cn1cc(Oc2cccnc2N)cn1. The van der Waals surface area contributed by atoms with Gasteiger partial charge in [0, 0.05) is 13.2 Å². The number of nitrogens with zero attached hydrogens (tertiary/aromatic N) is 3. The van der Waals surface area contributed by atoms with Crippen LogP contribution in [0.25, 0.3) is 0 Å². The molecule has 0 aliphatic rings. The third-order valence-electron chi connectivity index (χ3n) is 1.71. The quantitative estimate of drug-likeness (QED) is 0.772. The Morgan fingerprint density at radius 2 is 2.36 bits per heavy atom. The van der Waals surface area contributed by atoms with Gasteiger partial charge >= 0.3 is 0 Å². The summed E-state index contributed by atoms with van der Waals surface area (Å²) < 4.78 is 7.11. The van der Waals surface area contributed by atoms with E-state index in [-0.39, 0.29) is 0 Å². The monoisotopic (exact) mass is 190 g/mol. The number of nitrogen functional groups attached to an aromatic ring is 1. The number of hydrogen-bond acceptors (Lipinski definition) is 4. The smallest absolute Gasteiger partial charge is 0.169 e. The summed E-state index contributed by atoms with van der Waals surface area (Å²) >= 11 is 0. The number of rotatable bonds is 2. The number of aryl methyl sites for hydroxylation is 1.